The highest BCUT2D eigenvalue weighted by atomic mass is 32.2. The van der Waals surface area contributed by atoms with Crippen molar-refractivity contribution in [3.05, 3.63) is 22.4 Å². The molecule has 0 aromatic carbocycles. The number of thiophene rings is 1. The number of hydrogen-bond acceptors (Lipinski definition) is 6. The summed E-state index contributed by atoms with van der Waals surface area (Å²) in [6, 6.07) is 3.86. The molecule has 1 saturated heterocycles. The van der Waals surface area contributed by atoms with Crippen molar-refractivity contribution >= 4 is 40.8 Å². The summed E-state index contributed by atoms with van der Waals surface area (Å²) in [4.78, 5) is 43.5. The molecule has 4 saturated carbocycles. The number of aliphatic hydroxyl groups is 1. The van der Waals surface area contributed by atoms with Crippen LogP contribution in [0.3, 0.4) is 0 Å². The fourth-order valence-corrected chi connectivity index (χ4v) is 8.88. The maximum Gasteiger partial charge on any atom is 0.242 e. The largest absolute Gasteiger partial charge is 0.390 e. The van der Waals surface area contributed by atoms with Gasteiger partial charge in [-0.1, -0.05) is 6.07 Å². The van der Waals surface area contributed by atoms with Crippen molar-refractivity contribution in [2.75, 3.05) is 39.0 Å². The average Bonchev–Trinajstić information content (AvgIpc) is 3.30. The second kappa shape index (κ2) is 8.89. The van der Waals surface area contributed by atoms with Crippen LogP contribution in [-0.4, -0.2) is 77.2 Å². The van der Waals surface area contributed by atoms with Crippen LogP contribution in [-0.2, 0) is 14.4 Å². The van der Waals surface area contributed by atoms with E-state index in [1.54, 1.807) is 4.90 Å². The zero-order valence-electron chi connectivity index (χ0n) is 19.1. The lowest BCUT2D eigenvalue weighted by Gasteiger charge is -2.60. The molecule has 1 aromatic rings. The smallest absolute Gasteiger partial charge is 0.242 e. The number of carbonyl (C=O) groups excluding carboxylic acids is 3. The van der Waals surface area contributed by atoms with E-state index in [0.717, 1.165) is 37.0 Å². The summed E-state index contributed by atoms with van der Waals surface area (Å²) in [7, 11) is 0. The highest BCUT2D eigenvalue weighted by Crippen LogP contribution is 2.62. The molecule has 6 rings (SSSR count). The summed E-state index contributed by atoms with van der Waals surface area (Å²) < 4.78 is 0. The molecule has 5 aliphatic rings. The van der Waals surface area contributed by atoms with Crippen LogP contribution in [0.15, 0.2) is 17.5 Å². The second-order valence-electron chi connectivity index (χ2n) is 10.5. The lowest BCUT2D eigenvalue weighted by Crippen LogP contribution is -2.62. The molecule has 4 aliphatic carbocycles. The van der Waals surface area contributed by atoms with Gasteiger partial charge in [-0.15, -0.1) is 23.1 Å². The van der Waals surface area contributed by atoms with Crippen LogP contribution in [0.1, 0.15) is 48.7 Å². The van der Waals surface area contributed by atoms with E-state index in [9.17, 15) is 19.5 Å². The first-order valence-electron chi connectivity index (χ1n) is 11.9. The Bertz CT molecular complexity index is 899. The maximum absolute atomic E-state index is 13.6. The van der Waals surface area contributed by atoms with Gasteiger partial charge in [0, 0.05) is 31.1 Å². The number of hydrogen-bond donors (Lipinski definition) is 2. The molecule has 1 aromatic heterocycles. The van der Waals surface area contributed by atoms with Crippen LogP contribution in [0.25, 0.3) is 0 Å². The minimum absolute atomic E-state index is 0.0183. The van der Waals surface area contributed by atoms with E-state index in [1.807, 2.05) is 28.7 Å². The fourth-order valence-electron chi connectivity index (χ4n) is 7.12. The van der Waals surface area contributed by atoms with Crippen molar-refractivity contribution in [1.82, 2.24) is 15.1 Å². The lowest BCUT2D eigenvalue weighted by atomic mass is 9.47. The quantitative estimate of drug-likeness (QED) is 0.637. The van der Waals surface area contributed by atoms with Crippen molar-refractivity contribution in [2.24, 2.45) is 17.3 Å². The van der Waals surface area contributed by atoms with E-state index in [4.69, 9.17) is 0 Å². The molecule has 2 N–H and O–H groups in total. The van der Waals surface area contributed by atoms with E-state index in [2.05, 4.69) is 5.32 Å². The average molecular weight is 492 g/mol. The van der Waals surface area contributed by atoms with E-state index in [-0.39, 0.29) is 29.5 Å². The number of piperazine rings is 1. The monoisotopic (exact) mass is 491 g/mol. The summed E-state index contributed by atoms with van der Waals surface area (Å²) in [6.07, 6.45) is 7.21. The molecule has 2 heterocycles. The van der Waals surface area contributed by atoms with Crippen LogP contribution >= 0.6 is 23.1 Å². The van der Waals surface area contributed by atoms with Crippen LogP contribution in [0.2, 0.25) is 0 Å². The first-order chi connectivity index (χ1) is 15.8. The summed E-state index contributed by atoms with van der Waals surface area (Å²) in [5, 5.41) is 15.4. The van der Waals surface area contributed by atoms with Gasteiger partial charge in [0.1, 0.15) is 5.25 Å². The number of thioether (sulfide) groups is 1. The third-order valence-corrected chi connectivity index (χ3v) is 10.1. The number of nitrogens with zero attached hydrogens (tertiary/aromatic N) is 2. The molecule has 7 nitrogen and oxygen atoms in total. The topological polar surface area (TPSA) is 90.0 Å². The van der Waals surface area contributed by atoms with Gasteiger partial charge in [0.05, 0.1) is 17.6 Å². The summed E-state index contributed by atoms with van der Waals surface area (Å²) in [5.41, 5.74) is -1.04. The molecule has 3 unspecified atom stereocenters. The van der Waals surface area contributed by atoms with Crippen molar-refractivity contribution in [2.45, 2.75) is 49.4 Å². The maximum atomic E-state index is 13.6. The van der Waals surface area contributed by atoms with Crippen molar-refractivity contribution in [1.29, 1.82) is 0 Å². The molecule has 5 fully saturated rings. The zero-order chi connectivity index (χ0) is 23.2. The molecule has 3 amide bonds. The summed E-state index contributed by atoms with van der Waals surface area (Å²) in [6.45, 7) is 2.01. The Morgan fingerprint density at radius 3 is 2.39 bits per heavy atom. The summed E-state index contributed by atoms with van der Waals surface area (Å²) in [5.74, 6) is 0.892. The molecule has 0 radical (unpaired) electrons. The molecule has 33 heavy (non-hydrogen) atoms. The first-order valence-corrected chi connectivity index (χ1v) is 14.1. The Balaban J connectivity index is 1.13. The number of carbonyl (C=O) groups is 3. The van der Waals surface area contributed by atoms with Gasteiger partial charge in [0.2, 0.25) is 17.7 Å². The van der Waals surface area contributed by atoms with Gasteiger partial charge in [0.25, 0.3) is 0 Å². The molecule has 0 spiro atoms. The van der Waals surface area contributed by atoms with Gasteiger partial charge in [-0.25, -0.2) is 0 Å². The Kier molecular flexibility index (Phi) is 6.24. The Morgan fingerprint density at radius 2 is 1.82 bits per heavy atom. The van der Waals surface area contributed by atoms with Gasteiger partial charge in [0.15, 0.2) is 0 Å². The number of rotatable bonds is 6. The predicted octanol–water partition coefficient (Wildman–Crippen LogP) is 2.27. The van der Waals surface area contributed by atoms with Gasteiger partial charge in [-0.2, -0.15) is 0 Å². The first kappa shape index (κ1) is 23.2. The third-order valence-electron chi connectivity index (χ3n) is 8.09. The molecular weight excluding hydrogens is 458 g/mol. The van der Waals surface area contributed by atoms with Gasteiger partial charge in [-0.05, 0) is 68.1 Å². The van der Waals surface area contributed by atoms with E-state index >= 15 is 0 Å². The van der Waals surface area contributed by atoms with E-state index in [1.165, 1.54) is 23.1 Å². The fraction of sp³-hybridized carbons (Fsp3) is 0.708. The van der Waals surface area contributed by atoms with Crippen LogP contribution in [0.5, 0.6) is 0 Å². The van der Waals surface area contributed by atoms with E-state index < -0.39 is 11.0 Å². The van der Waals surface area contributed by atoms with Crippen molar-refractivity contribution < 1.29 is 19.5 Å². The van der Waals surface area contributed by atoms with Crippen LogP contribution in [0.4, 0.5) is 0 Å². The van der Waals surface area contributed by atoms with Crippen LogP contribution < -0.4 is 5.32 Å². The number of amides is 3. The highest BCUT2D eigenvalue weighted by Gasteiger charge is 2.60. The SMILES string of the molecule is CSC(C(=O)NCC(=O)N1CCN(C(=O)C23CC4CC(CC(O)(C4)C2)C3)CC1)c1cccs1. The minimum atomic E-state index is -0.645. The summed E-state index contributed by atoms with van der Waals surface area (Å²) >= 11 is 3.00. The standard InChI is InChI=1S/C24H33N3O4S2/c1-32-20(18-3-2-8-33-18)21(29)25-14-19(28)26-4-6-27(7-5-26)22(30)23-10-16-9-17(11-23)13-24(31,12-16)15-23/h2-3,8,16-17,20,31H,4-7,9-15H2,1H3,(H,25,29). The molecular formula is C24H33N3O4S2. The molecule has 1 aliphatic heterocycles. The molecule has 180 valence electrons. The predicted molar refractivity (Wildman–Crippen MR) is 129 cm³/mol. The Morgan fingerprint density at radius 1 is 1.15 bits per heavy atom. The minimum Gasteiger partial charge on any atom is -0.390 e. The number of nitrogens with one attached hydrogen (secondary N) is 1. The molecule has 4 bridgehead atoms. The zero-order valence-corrected chi connectivity index (χ0v) is 20.8. The van der Waals surface area contributed by atoms with Crippen LogP contribution in [0, 0.1) is 17.3 Å². The normalized spacial score (nSPS) is 33.8. The molecule has 9 heteroatoms. The van der Waals surface area contributed by atoms with Gasteiger partial charge in [-0.3, -0.25) is 14.4 Å². The van der Waals surface area contributed by atoms with Gasteiger partial charge >= 0.3 is 0 Å². The second-order valence-corrected chi connectivity index (χ2v) is 12.4. The Hall–Kier alpha value is -1.58. The highest BCUT2D eigenvalue weighted by molar-refractivity contribution is 7.99. The molecule has 3 atom stereocenters. The Labute approximate surface area is 203 Å². The van der Waals surface area contributed by atoms with Crippen molar-refractivity contribution in [3.63, 3.8) is 0 Å². The van der Waals surface area contributed by atoms with Crippen molar-refractivity contribution in [3.8, 4) is 0 Å². The third kappa shape index (κ3) is 4.44. The van der Waals surface area contributed by atoms with E-state index in [0.29, 0.717) is 44.4 Å². The lowest BCUT2D eigenvalue weighted by molar-refractivity contribution is -0.187. The van der Waals surface area contributed by atoms with Gasteiger partial charge < -0.3 is 20.2 Å².